The van der Waals surface area contributed by atoms with Crippen molar-refractivity contribution in [2.45, 2.75) is 32.0 Å². The number of rotatable bonds is 3. The highest BCUT2D eigenvalue weighted by Crippen LogP contribution is 2.22. The van der Waals surface area contributed by atoms with E-state index in [1.807, 2.05) is 19.9 Å². The molecule has 0 bridgehead atoms. The second-order valence-corrected chi connectivity index (χ2v) is 6.08. The fourth-order valence-electron chi connectivity index (χ4n) is 2.52. The Hall–Kier alpha value is -1.26. The molecule has 0 aromatic heterocycles. The highest BCUT2D eigenvalue weighted by atomic mass is 35.5. The lowest BCUT2D eigenvalue weighted by molar-refractivity contribution is -0.156. The fraction of sp³-hybridized carbons (Fsp3) is 0.533. The molecule has 20 heavy (non-hydrogen) atoms. The maximum atomic E-state index is 12.4. The van der Waals surface area contributed by atoms with Gasteiger partial charge in [0, 0.05) is 13.1 Å². The molecule has 1 saturated heterocycles. The predicted molar refractivity (Wildman–Crippen MR) is 78.1 cm³/mol. The monoisotopic (exact) mass is 297 g/mol. The molecule has 1 aliphatic rings. The summed E-state index contributed by atoms with van der Waals surface area (Å²) >= 11 is 5.86. The Balaban J connectivity index is 2.04. The molecular weight excluding hydrogens is 278 g/mol. The van der Waals surface area contributed by atoms with E-state index >= 15 is 0 Å². The third kappa shape index (κ3) is 3.87. The van der Waals surface area contributed by atoms with Crippen LogP contribution in [0.3, 0.4) is 0 Å². The number of nitrogens with zero attached hydrogens (tertiary/aromatic N) is 1. The number of carbonyl (C=O) groups is 1. The number of morpholine rings is 1. The Morgan fingerprint density at radius 2 is 2.30 bits per heavy atom. The van der Waals surface area contributed by atoms with E-state index in [1.165, 1.54) is 0 Å². The third-order valence-corrected chi connectivity index (χ3v) is 3.62. The van der Waals surface area contributed by atoms with E-state index in [0.29, 0.717) is 19.0 Å². The van der Waals surface area contributed by atoms with Gasteiger partial charge in [0.1, 0.15) is 5.75 Å². The van der Waals surface area contributed by atoms with Crippen molar-refractivity contribution < 1.29 is 14.6 Å². The molecule has 1 aromatic rings. The number of phenolic OH excluding ortho intramolecular Hbond substituents is 1. The average Bonchev–Trinajstić information content (AvgIpc) is 2.36. The highest BCUT2D eigenvalue weighted by Gasteiger charge is 2.35. The van der Waals surface area contributed by atoms with E-state index in [4.69, 9.17) is 16.3 Å². The number of halogens is 1. The minimum absolute atomic E-state index is 0.0297. The molecule has 1 amide bonds. The lowest BCUT2D eigenvalue weighted by atomic mass is 10.0. The molecule has 1 unspecified atom stereocenters. The van der Waals surface area contributed by atoms with E-state index in [9.17, 15) is 9.90 Å². The standard InChI is InChI=1S/C15H20ClNO3/c1-15(2)10-17(9-13(8-16)20-15)14(19)7-11-4-3-5-12(18)6-11/h3-6,13,18H,7-10H2,1-2H3. The van der Waals surface area contributed by atoms with Gasteiger partial charge in [-0.15, -0.1) is 11.6 Å². The van der Waals surface area contributed by atoms with Gasteiger partial charge in [-0.3, -0.25) is 4.79 Å². The van der Waals surface area contributed by atoms with Crippen LogP contribution in [0.4, 0.5) is 0 Å². The van der Waals surface area contributed by atoms with Crippen molar-refractivity contribution in [1.82, 2.24) is 4.90 Å². The van der Waals surface area contributed by atoms with Crippen molar-refractivity contribution in [3.05, 3.63) is 29.8 Å². The zero-order valence-electron chi connectivity index (χ0n) is 11.8. The summed E-state index contributed by atoms with van der Waals surface area (Å²) in [7, 11) is 0. The molecule has 0 spiro atoms. The van der Waals surface area contributed by atoms with Gasteiger partial charge < -0.3 is 14.7 Å². The first-order chi connectivity index (χ1) is 9.39. The number of amides is 1. The normalized spacial score (nSPS) is 21.8. The maximum absolute atomic E-state index is 12.4. The fourth-order valence-corrected chi connectivity index (χ4v) is 2.68. The van der Waals surface area contributed by atoms with Gasteiger partial charge >= 0.3 is 0 Å². The molecule has 110 valence electrons. The smallest absolute Gasteiger partial charge is 0.227 e. The summed E-state index contributed by atoms with van der Waals surface area (Å²) in [4.78, 5) is 14.2. The number of ether oxygens (including phenoxy) is 1. The van der Waals surface area contributed by atoms with Crippen molar-refractivity contribution in [1.29, 1.82) is 0 Å². The Kier molecular flexibility index (Phi) is 4.55. The molecule has 1 aliphatic heterocycles. The molecule has 2 rings (SSSR count). The van der Waals surface area contributed by atoms with Crippen molar-refractivity contribution in [3.63, 3.8) is 0 Å². The summed E-state index contributed by atoms with van der Waals surface area (Å²) < 4.78 is 5.81. The second-order valence-electron chi connectivity index (χ2n) is 5.77. The van der Waals surface area contributed by atoms with Crippen LogP contribution in [0.1, 0.15) is 19.4 Å². The summed E-state index contributed by atoms with van der Waals surface area (Å²) in [5.74, 6) is 0.581. The van der Waals surface area contributed by atoms with Crippen LogP contribution in [0.15, 0.2) is 24.3 Å². The number of carbonyl (C=O) groups excluding carboxylic acids is 1. The lowest BCUT2D eigenvalue weighted by Crippen LogP contribution is -2.55. The molecule has 1 fully saturated rings. The molecule has 0 saturated carbocycles. The van der Waals surface area contributed by atoms with E-state index in [2.05, 4.69) is 0 Å². The molecule has 1 atom stereocenters. The SMILES string of the molecule is CC1(C)CN(C(=O)Cc2cccc(O)c2)CC(CCl)O1. The zero-order chi connectivity index (χ0) is 14.8. The molecule has 1 heterocycles. The predicted octanol–water partition coefficient (Wildman–Crippen LogP) is 2.18. The van der Waals surface area contributed by atoms with Crippen LogP contribution in [-0.2, 0) is 16.0 Å². The molecule has 0 radical (unpaired) electrons. The van der Waals surface area contributed by atoms with E-state index < -0.39 is 0 Å². The van der Waals surface area contributed by atoms with Crippen molar-refractivity contribution in [2.75, 3.05) is 19.0 Å². The van der Waals surface area contributed by atoms with Gasteiger partial charge in [-0.05, 0) is 31.5 Å². The molecule has 4 nitrogen and oxygen atoms in total. The number of phenols is 1. The van der Waals surface area contributed by atoms with Gasteiger partial charge in [0.25, 0.3) is 0 Å². The minimum atomic E-state index is -0.383. The summed E-state index contributed by atoms with van der Waals surface area (Å²) in [6.07, 6.45) is 0.146. The quantitative estimate of drug-likeness (QED) is 0.870. The van der Waals surface area contributed by atoms with Crippen LogP contribution in [0.2, 0.25) is 0 Å². The van der Waals surface area contributed by atoms with Gasteiger partial charge in [-0.2, -0.15) is 0 Å². The van der Waals surface area contributed by atoms with E-state index in [0.717, 1.165) is 5.56 Å². The molecule has 0 aliphatic carbocycles. The molecule has 1 aromatic carbocycles. The average molecular weight is 298 g/mol. The summed E-state index contributed by atoms with van der Waals surface area (Å²) in [5, 5.41) is 9.44. The molecular formula is C15H20ClNO3. The van der Waals surface area contributed by atoms with Gasteiger partial charge in [0.2, 0.25) is 5.91 Å². The van der Waals surface area contributed by atoms with Crippen molar-refractivity contribution in [3.8, 4) is 5.75 Å². The second kappa shape index (κ2) is 6.02. The van der Waals surface area contributed by atoms with Crippen LogP contribution < -0.4 is 0 Å². The van der Waals surface area contributed by atoms with Gasteiger partial charge in [0.05, 0.1) is 24.0 Å². The first-order valence-electron chi connectivity index (χ1n) is 6.69. The maximum Gasteiger partial charge on any atom is 0.227 e. The van der Waals surface area contributed by atoms with Crippen molar-refractivity contribution in [2.24, 2.45) is 0 Å². The highest BCUT2D eigenvalue weighted by molar-refractivity contribution is 6.18. The van der Waals surface area contributed by atoms with Crippen LogP contribution in [0, 0.1) is 0 Å². The van der Waals surface area contributed by atoms with Crippen LogP contribution in [0.5, 0.6) is 5.75 Å². The Labute approximate surface area is 124 Å². The number of aromatic hydroxyl groups is 1. The van der Waals surface area contributed by atoms with E-state index in [-0.39, 0.29) is 29.8 Å². The van der Waals surface area contributed by atoms with Crippen LogP contribution >= 0.6 is 11.6 Å². The number of hydrogen-bond donors (Lipinski definition) is 1. The van der Waals surface area contributed by atoms with Crippen molar-refractivity contribution >= 4 is 17.5 Å². The molecule has 5 heteroatoms. The number of benzene rings is 1. The minimum Gasteiger partial charge on any atom is -0.508 e. The van der Waals surface area contributed by atoms with Crippen LogP contribution in [-0.4, -0.2) is 46.6 Å². The first kappa shape index (κ1) is 15.1. The Bertz CT molecular complexity index is 490. The summed E-state index contributed by atoms with van der Waals surface area (Å²) in [6, 6.07) is 6.78. The Morgan fingerprint density at radius 1 is 1.55 bits per heavy atom. The zero-order valence-corrected chi connectivity index (χ0v) is 12.6. The van der Waals surface area contributed by atoms with Gasteiger partial charge in [0.15, 0.2) is 0 Å². The van der Waals surface area contributed by atoms with E-state index in [1.54, 1.807) is 23.1 Å². The van der Waals surface area contributed by atoms with Gasteiger partial charge in [-0.1, -0.05) is 12.1 Å². The molecule has 1 N–H and O–H groups in total. The number of hydrogen-bond acceptors (Lipinski definition) is 3. The van der Waals surface area contributed by atoms with Crippen LogP contribution in [0.25, 0.3) is 0 Å². The topological polar surface area (TPSA) is 49.8 Å². The lowest BCUT2D eigenvalue weighted by Gasteiger charge is -2.42. The Morgan fingerprint density at radius 3 is 2.95 bits per heavy atom. The number of alkyl halides is 1. The first-order valence-corrected chi connectivity index (χ1v) is 7.22. The third-order valence-electron chi connectivity index (χ3n) is 3.27. The summed E-state index contributed by atoms with van der Waals surface area (Å²) in [6.45, 7) is 4.99. The summed E-state index contributed by atoms with van der Waals surface area (Å²) in [5.41, 5.74) is 0.425. The largest absolute Gasteiger partial charge is 0.508 e. The van der Waals surface area contributed by atoms with Gasteiger partial charge in [-0.25, -0.2) is 0 Å².